The molecular weight excluding hydrogens is 150 g/mol. The van der Waals surface area contributed by atoms with Crippen molar-refractivity contribution in [2.45, 2.75) is 19.4 Å². The number of nitrogens with one attached hydrogen (secondary N) is 1. The molecule has 0 amide bonds. The summed E-state index contributed by atoms with van der Waals surface area (Å²) in [5.41, 5.74) is 0. The zero-order valence-electron chi connectivity index (χ0n) is 6.00. The molecule has 10 heavy (non-hydrogen) atoms. The second-order valence-electron chi connectivity index (χ2n) is 2.03. The van der Waals surface area contributed by atoms with Crippen LogP contribution in [0.15, 0.2) is 0 Å². The van der Waals surface area contributed by atoms with E-state index in [-0.39, 0.29) is 0 Å². The van der Waals surface area contributed by atoms with Gasteiger partial charge in [-0.05, 0) is 13.0 Å². The maximum Gasteiger partial charge on any atom is 0.321 e. The zero-order chi connectivity index (χ0) is 7.98. The molecule has 0 saturated heterocycles. The number of carboxylic acid groups (broad SMARTS) is 1. The summed E-state index contributed by atoms with van der Waals surface area (Å²) in [4.78, 5) is 10.3. The monoisotopic (exact) mass is 163 g/mol. The van der Waals surface area contributed by atoms with Crippen molar-refractivity contribution in [3.63, 3.8) is 0 Å². The van der Waals surface area contributed by atoms with E-state index in [2.05, 4.69) is 17.9 Å². The summed E-state index contributed by atoms with van der Waals surface area (Å²) in [6.07, 6.45) is 0.942. The third-order valence-corrected chi connectivity index (χ3v) is 1.49. The molecule has 0 saturated carbocycles. The summed E-state index contributed by atoms with van der Waals surface area (Å²) in [5.74, 6) is -0.488. The van der Waals surface area contributed by atoms with Gasteiger partial charge < -0.3 is 10.4 Å². The lowest BCUT2D eigenvalue weighted by Gasteiger charge is -2.09. The first-order valence-corrected chi connectivity index (χ1v) is 3.92. The lowest BCUT2D eigenvalue weighted by Crippen LogP contribution is -2.38. The lowest BCUT2D eigenvalue weighted by molar-refractivity contribution is -0.138. The van der Waals surface area contributed by atoms with Crippen LogP contribution in [0.4, 0.5) is 0 Å². The molecule has 0 aliphatic carbocycles. The van der Waals surface area contributed by atoms with Crippen LogP contribution < -0.4 is 5.32 Å². The molecule has 0 rings (SSSR count). The number of aliphatic carboxylic acids is 1. The smallest absolute Gasteiger partial charge is 0.321 e. The number of hydrogen-bond acceptors (Lipinski definition) is 3. The Morgan fingerprint density at radius 3 is 2.70 bits per heavy atom. The Morgan fingerprint density at radius 1 is 1.80 bits per heavy atom. The van der Waals surface area contributed by atoms with Crippen LogP contribution in [0, 0.1) is 0 Å². The van der Waals surface area contributed by atoms with Gasteiger partial charge in [0.25, 0.3) is 0 Å². The molecule has 0 fully saturated rings. The minimum absolute atomic E-state index is 0.343. The number of rotatable bonds is 5. The molecular formula is C6H13NO2S. The molecule has 0 aliphatic heterocycles. The highest BCUT2D eigenvalue weighted by molar-refractivity contribution is 7.80. The van der Waals surface area contributed by atoms with Crippen LogP contribution in [0.25, 0.3) is 0 Å². The van der Waals surface area contributed by atoms with Crippen molar-refractivity contribution < 1.29 is 9.90 Å². The van der Waals surface area contributed by atoms with Gasteiger partial charge in [0, 0.05) is 5.75 Å². The largest absolute Gasteiger partial charge is 0.480 e. The molecule has 2 N–H and O–H groups in total. The van der Waals surface area contributed by atoms with E-state index < -0.39 is 12.0 Å². The number of carbonyl (C=O) groups is 1. The SMILES string of the molecule is CCCNC(CS)C(=O)O. The molecule has 0 aromatic heterocycles. The highest BCUT2D eigenvalue weighted by atomic mass is 32.1. The summed E-state index contributed by atoms with van der Waals surface area (Å²) in [6, 6.07) is -0.497. The topological polar surface area (TPSA) is 49.3 Å². The molecule has 0 aromatic rings. The third-order valence-electron chi connectivity index (χ3n) is 1.12. The summed E-state index contributed by atoms with van der Waals surface area (Å²) in [6.45, 7) is 2.72. The molecule has 0 spiro atoms. The van der Waals surface area contributed by atoms with Crippen LogP contribution in [0.1, 0.15) is 13.3 Å². The van der Waals surface area contributed by atoms with Crippen LogP contribution in [0.3, 0.4) is 0 Å². The van der Waals surface area contributed by atoms with Gasteiger partial charge in [0.15, 0.2) is 0 Å². The van der Waals surface area contributed by atoms with Gasteiger partial charge in [0.05, 0.1) is 0 Å². The van der Waals surface area contributed by atoms with Gasteiger partial charge in [-0.15, -0.1) is 0 Å². The van der Waals surface area contributed by atoms with Crippen molar-refractivity contribution in [3.05, 3.63) is 0 Å². The minimum atomic E-state index is -0.830. The molecule has 1 unspecified atom stereocenters. The van der Waals surface area contributed by atoms with Gasteiger partial charge in [0.2, 0.25) is 0 Å². The Morgan fingerprint density at radius 2 is 2.40 bits per heavy atom. The van der Waals surface area contributed by atoms with Crippen molar-refractivity contribution in [1.29, 1.82) is 0 Å². The average molecular weight is 163 g/mol. The Balaban J connectivity index is 3.50. The highest BCUT2D eigenvalue weighted by Crippen LogP contribution is 1.87. The molecule has 1 atom stereocenters. The maximum atomic E-state index is 10.3. The number of hydrogen-bond donors (Lipinski definition) is 3. The quantitative estimate of drug-likeness (QED) is 0.513. The molecule has 0 aliphatic rings. The first-order chi connectivity index (χ1) is 4.72. The van der Waals surface area contributed by atoms with E-state index in [1.165, 1.54) is 0 Å². The molecule has 3 nitrogen and oxygen atoms in total. The highest BCUT2D eigenvalue weighted by Gasteiger charge is 2.12. The second-order valence-corrected chi connectivity index (χ2v) is 2.39. The van der Waals surface area contributed by atoms with Crippen LogP contribution in [0.2, 0.25) is 0 Å². The van der Waals surface area contributed by atoms with E-state index in [0.29, 0.717) is 5.75 Å². The van der Waals surface area contributed by atoms with E-state index in [9.17, 15) is 4.79 Å². The Kier molecular flexibility index (Phi) is 5.43. The molecule has 4 heteroatoms. The molecule has 0 aromatic carbocycles. The van der Waals surface area contributed by atoms with Gasteiger partial charge in [-0.1, -0.05) is 6.92 Å². The van der Waals surface area contributed by atoms with Crippen LogP contribution in [-0.4, -0.2) is 29.4 Å². The lowest BCUT2D eigenvalue weighted by atomic mass is 10.3. The first-order valence-electron chi connectivity index (χ1n) is 3.29. The van der Waals surface area contributed by atoms with E-state index in [1.807, 2.05) is 6.92 Å². The standard InChI is InChI=1S/C6H13NO2S/c1-2-3-7-5(4-10)6(8)9/h5,7,10H,2-4H2,1H3,(H,8,9). The van der Waals surface area contributed by atoms with Crippen molar-refractivity contribution in [3.8, 4) is 0 Å². The molecule has 0 heterocycles. The summed E-state index contributed by atoms with van der Waals surface area (Å²) < 4.78 is 0. The Labute approximate surface area is 66.2 Å². The van der Waals surface area contributed by atoms with Gasteiger partial charge in [-0.2, -0.15) is 12.6 Å². The summed E-state index contributed by atoms with van der Waals surface area (Å²) in [7, 11) is 0. The first kappa shape index (κ1) is 9.78. The van der Waals surface area contributed by atoms with Gasteiger partial charge in [-0.25, -0.2) is 0 Å². The minimum Gasteiger partial charge on any atom is -0.480 e. The Bertz CT molecular complexity index is 108. The van der Waals surface area contributed by atoms with Crippen molar-refractivity contribution in [2.75, 3.05) is 12.3 Å². The van der Waals surface area contributed by atoms with E-state index in [0.717, 1.165) is 13.0 Å². The Hall–Kier alpha value is -0.220. The average Bonchev–Trinajstić information content (AvgIpc) is 1.89. The fourth-order valence-corrected chi connectivity index (χ4v) is 0.834. The number of carboxylic acids is 1. The number of thiol groups is 1. The van der Waals surface area contributed by atoms with Crippen LogP contribution >= 0.6 is 12.6 Å². The fraction of sp³-hybridized carbons (Fsp3) is 0.833. The van der Waals surface area contributed by atoms with Crippen LogP contribution in [-0.2, 0) is 4.79 Å². The van der Waals surface area contributed by atoms with E-state index in [1.54, 1.807) is 0 Å². The van der Waals surface area contributed by atoms with E-state index in [4.69, 9.17) is 5.11 Å². The summed E-state index contributed by atoms with van der Waals surface area (Å²) in [5, 5.41) is 11.3. The molecule has 60 valence electrons. The maximum absolute atomic E-state index is 10.3. The predicted octanol–water partition coefficient (Wildman–Crippen LogP) is 0.369. The second kappa shape index (κ2) is 5.56. The normalized spacial score (nSPS) is 13.0. The predicted molar refractivity (Wildman–Crippen MR) is 43.6 cm³/mol. The van der Waals surface area contributed by atoms with Gasteiger partial charge >= 0.3 is 5.97 Å². The van der Waals surface area contributed by atoms with E-state index >= 15 is 0 Å². The molecule has 0 bridgehead atoms. The van der Waals surface area contributed by atoms with Crippen molar-refractivity contribution >= 4 is 18.6 Å². The third kappa shape index (κ3) is 3.74. The van der Waals surface area contributed by atoms with Crippen molar-refractivity contribution in [1.82, 2.24) is 5.32 Å². The zero-order valence-corrected chi connectivity index (χ0v) is 6.90. The van der Waals surface area contributed by atoms with Crippen molar-refractivity contribution in [2.24, 2.45) is 0 Å². The van der Waals surface area contributed by atoms with Gasteiger partial charge in [-0.3, -0.25) is 4.79 Å². The van der Waals surface area contributed by atoms with Gasteiger partial charge in [0.1, 0.15) is 6.04 Å². The summed E-state index contributed by atoms with van der Waals surface area (Å²) >= 11 is 3.88. The fourth-order valence-electron chi connectivity index (χ4n) is 0.549. The molecule has 0 radical (unpaired) electrons. The van der Waals surface area contributed by atoms with Crippen LogP contribution in [0.5, 0.6) is 0 Å².